The van der Waals surface area contributed by atoms with Gasteiger partial charge in [0.25, 0.3) is 0 Å². The Morgan fingerprint density at radius 1 is 0.762 bits per heavy atom. The minimum atomic E-state index is -1.40. The van der Waals surface area contributed by atoms with Crippen molar-refractivity contribution in [2.75, 3.05) is 7.11 Å². The van der Waals surface area contributed by atoms with E-state index in [0.29, 0.717) is 5.56 Å². The first-order valence-corrected chi connectivity index (χ1v) is 14.3. The highest BCUT2D eigenvalue weighted by molar-refractivity contribution is 7.99. The predicted octanol–water partition coefficient (Wildman–Crippen LogP) is 4.77. The zero-order valence-corrected chi connectivity index (χ0v) is 24.1. The zero-order chi connectivity index (χ0) is 29.9. The minimum absolute atomic E-state index is 0.0380. The summed E-state index contributed by atoms with van der Waals surface area (Å²) in [4.78, 5) is 51.5. The van der Waals surface area contributed by atoms with Crippen LogP contribution in [0, 0.1) is 0 Å². The molecule has 0 aromatic heterocycles. The second-order valence-electron chi connectivity index (χ2n) is 9.53. The lowest BCUT2D eigenvalue weighted by molar-refractivity contribution is -0.233. The molecule has 0 aliphatic carbocycles. The maximum Gasteiger partial charge on any atom is 0.339 e. The molecule has 1 saturated heterocycles. The van der Waals surface area contributed by atoms with Crippen LogP contribution in [0.4, 0.5) is 0 Å². The number of ketones is 1. The number of ether oxygens (including phenoxy) is 5. The van der Waals surface area contributed by atoms with Crippen molar-refractivity contribution in [1.29, 1.82) is 0 Å². The van der Waals surface area contributed by atoms with Gasteiger partial charge >= 0.3 is 17.9 Å². The average Bonchev–Trinajstić information content (AvgIpc) is 3.01. The molecule has 1 fully saturated rings. The fourth-order valence-corrected chi connectivity index (χ4v) is 5.41. The summed E-state index contributed by atoms with van der Waals surface area (Å²) in [6.45, 7) is 1.42. The third-order valence-electron chi connectivity index (χ3n) is 6.41. The van der Waals surface area contributed by atoms with Crippen LogP contribution in [0.25, 0.3) is 0 Å². The van der Waals surface area contributed by atoms with Gasteiger partial charge in [0.15, 0.2) is 18.3 Å². The van der Waals surface area contributed by atoms with Crippen LogP contribution in [0.5, 0.6) is 0 Å². The van der Waals surface area contributed by atoms with Crippen LogP contribution in [0.1, 0.15) is 35.7 Å². The number of hydrogen-bond acceptors (Lipinski definition) is 10. The Kier molecular flexibility index (Phi) is 11.3. The molecule has 1 heterocycles. The smallest absolute Gasteiger partial charge is 0.339 e. The van der Waals surface area contributed by atoms with Gasteiger partial charge in [0.2, 0.25) is 0 Å². The number of esters is 3. The number of hydrogen-bond donors (Lipinski definition) is 0. The molecule has 3 aromatic rings. The van der Waals surface area contributed by atoms with E-state index in [2.05, 4.69) is 0 Å². The molecule has 0 saturated carbocycles. The van der Waals surface area contributed by atoms with E-state index in [1.165, 1.54) is 25.8 Å². The van der Waals surface area contributed by atoms with E-state index < -0.39 is 47.8 Å². The molecule has 42 heavy (non-hydrogen) atoms. The van der Waals surface area contributed by atoms with E-state index in [9.17, 15) is 19.2 Å². The number of carbonyl (C=O) groups is 4. The SMILES string of the molecule is COC(=O)[C@H]1OC(Sc2ccccc2)[C@H](OC(=O)c2ccccc2)[C@@H](OCc2ccccc2)[C@@H]1OC(=O)CCC(C)=O. The predicted molar refractivity (Wildman–Crippen MR) is 153 cm³/mol. The fraction of sp³-hybridized carbons (Fsp3) is 0.312. The maximum absolute atomic E-state index is 13.3. The summed E-state index contributed by atoms with van der Waals surface area (Å²) in [7, 11) is 1.20. The topological polar surface area (TPSA) is 114 Å². The summed E-state index contributed by atoms with van der Waals surface area (Å²) in [6, 6.07) is 26.9. The van der Waals surface area contributed by atoms with Crippen molar-refractivity contribution in [1.82, 2.24) is 0 Å². The lowest BCUT2D eigenvalue weighted by atomic mass is 9.98. The molecule has 4 rings (SSSR count). The molecule has 10 heteroatoms. The highest BCUT2D eigenvalue weighted by Gasteiger charge is 2.54. The summed E-state index contributed by atoms with van der Waals surface area (Å²) in [5.74, 6) is -2.36. The normalized spacial score (nSPS) is 21.6. The Hall–Kier alpha value is -3.99. The van der Waals surface area contributed by atoms with Gasteiger partial charge in [-0.05, 0) is 36.8 Å². The second kappa shape index (κ2) is 15.3. The van der Waals surface area contributed by atoms with Gasteiger partial charge in [0.1, 0.15) is 17.3 Å². The van der Waals surface area contributed by atoms with E-state index in [1.54, 1.807) is 30.3 Å². The largest absolute Gasteiger partial charge is 0.467 e. The Morgan fingerprint density at radius 3 is 2.00 bits per heavy atom. The second-order valence-corrected chi connectivity index (χ2v) is 10.7. The molecular weight excluding hydrogens is 560 g/mol. The van der Waals surface area contributed by atoms with Crippen LogP contribution in [0.15, 0.2) is 95.9 Å². The van der Waals surface area contributed by atoms with Crippen molar-refractivity contribution in [3.05, 3.63) is 102 Å². The van der Waals surface area contributed by atoms with Crippen LogP contribution in [-0.4, -0.2) is 60.7 Å². The lowest BCUT2D eigenvalue weighted by Crippen LogP contribution is -2.62. The fourth-order valence-electron chi connectivity index (χ4n) is 4.31. The number of thioether (sulfide) groups is 1. The summed E-state index contributed by atoms with van der Waals surface area (Å²) in [5.41, 5.74) is 0.158. The average molecular weight is 593 g/mol. The van der Waals surface area contributed by atoms with Gasteiger partial charge in [0.05, 0.1) is 25.7 Å². The molecule has 3 aromatic carbocycles. The van der Waals surface area contributed by atoms with E-state index in [-0.39, 0.29) is 25.2 Å². The third kappa shape index (κ3) is 8.51. The van der Waals surface area contributed by atoms with Gasteiger partial charge in [-0.15, -0.1) is 0 Å². The van der Waals surface area contributed by atoms with Gasteiger partial charge < -0.3 is 28.5 Å². The standard InChI is InChI=1S/C32H32O9S/c1-21(33)18-19-25(34)39-27-26(38-20-22-12-6-3-7-13-22)29(40-30(35)23-14-8-4-9-15-23)32(41-28(27)31(36)37-2)42-24-16-10-5-11-17-24/h3-17,26-29,32H,18-20H2,1-2H3/t26-,27-,28-,29+,32?/m0/s1. The summed E-state index contributed by atoms with van der Waals surface area (Å²) < 4.78 is 29.3. The maximum atomic E-state index is 13.3. The van der Waals surface area contributed by atoms with Crippen molar-refractivity contribution < 1.29 is 42.9 Å². The number of benzene rings is 3. The monoisotopic (exact) mass is 592 g/mol. The molecule has 1 aliphatic rings. The van der Waals surface area contributed by atoms with Crippen LogP contribution >= 0.6 is 11.8 Å². The number of rotatable bonds is 12. The molecule has 9 nitrogen and oxygen atoms in total. The van der Waals surface area contributed by atoms with Crippen molar-refractivity contribution in [2.24, 2.45) is 0 Å². The number of Topliss-reactive ketones (excluding diaryl/α,β-unsaturated/α-hetero) is 1. The first kappa shape index (κ1) is 31.0. The van der Waals surface area contributed by atoms with Gasteiger partial charge in [-0.1, -0.05) is 78.5 Å². The lowest BCUT2D eigenvalue weighted by Gasteiger charge is -2.44. The Balaban J connectivity index is 1.73. The van der Waals surface area contributed by atoms with E-state index in [0.717, 1.165) is 10.5 Å². The molecule has 0 bridgehead atoms. The molecular formula is C32H32O9S. The van der Waals surface area contributed by atoms with Crippen LogP contribution in [0.3, 0.4) is 0 Å². The van der Waals surface area contributed by atoms with Crippen LogP contribution < -0.4 is 0 Å². The van der Waals surface area contributed by atoms with Crippen molar-refractivity contribution in [3.8, 4) is 0 Å². The van der Waals surface area contributed by atoms with Gasteiger partial charge in [0, 0.05) is 11.3 Å². The van der Waals surface area contributed by atoms with Crippen LogP contribution in [-0.2, 0) is 44.7 Å². The highest BCUT2D eigenvalue weighted by atomic mass is 32.2. The van der Waals surface area contributed by atoms with E-state index >= 15 is 0 Å². The zero-order valence-electron chi connectivity index (χ0n) is 23.3. The molecule has 220 valence electrons. The molecule has 0 N–H and O–H groups in total. The number of methoxy groups -OCH3 is 1. The van der Waals surface area contributed by atoms with Gasteiger partial charge in [-0.2, -0.15) is 0 Å². The van der Waals surface area contributed by atoms with Crippen molar-refractivity contribution in [3.63, 3.8) is 0 Å². The molecule has 5 atom stereocenters. The molecule has 1 unspecified atom stereocenters. The summed E-state index contributed by atoms with van der Waals surface area (Å²) in [5, 5.41) is 0. The van der Waals surface area contributed by atoms with Crippen molar-refractivity contribution >= 4 is 35.5 Å². The third-order valence-corrected chi connectivity index (χ3v) is 7.57. The molecule has 0 radical (unpaired) electrons. The summed E-state index contributed by atoms with van der Waals surface area (Å²) >= 11 is 1.23. The molecule has 1 aliphatic heterocycles. The summed E-state index contributed by atoms with van der Waals surface area (Å²) in [6.07, 6.45) is -5.26. The minimum Gasteiger partial charge on any atom is -0.467 e. The van der Waals surface area contributed by atoms with E-state index in [4.69, 9.17) is 23.7 Å². The van der Waals surface area contributed by atoms with Gasteiger partial charge in [-0.3, -0.25) is 4.79 Å². The van der Waals surface area contributed by atoms with Crippen LogP contribution in [0.2, 0.25) is 0 Å². The highest BCUT2D eigenvalue weighted by Crippen LogP contribution is 2.38. The van der Waals surface area contributed by atoms with E-state index in [1.807, 2.05) is 60.7 Å². The quantitative estimate of drug-likeness (QED) is 0.215. The van der Waals surface area contributed by atoms with Gasteiger partial charge in [-0.25, -0.2) is 9.59 Å². The first-order valence-electron chi connectivity index (χ1n) is 13.4. The van der Waals surface area contributed by atoms with Crippen molar-refractivity contribution in [2.45, 2.75) is 61.1 Å². The Morgan fingerprint density at radius 2 is 1.38 bits per heavy atom. The molecule has 0 amide bonds. The molecule has 0 spiro atoms. The first-order chi connectivity index (χ1) is 20.4. The Labute approximate surface area is 248 Å². The Bertz CT molecular complexity index is 1330. The number of carbonyl (C=O) groups excluding carboxylic acids is 4.